The molecule has 1 aromatic heterocycles. The summed E-state index contributed by atoms with van der Waals surface area (Å²) in [5.41, 5.74) is -1.80. The van der Waals surface area contributed by atoms with Crippen molar-refractivity contribution in [1.29, 1.82) is 0 Å². The second-order valence-corrected chi connectivity index (χ2v) is 6.20. The Morgan fingerprint density at radius 3 is 2.37 bits per heavy atom. The number of nitrogens with one attached hydrogen (secondary N) is 1. The van der Waals surface area contributed by atoms with Crippen LogP contribution in [-0.2, 0) is 4.79 Å². The lowest BCUT2D eigenvalue weighted by atomic mass is 9.74. The number of carbonyl (C=O) groups is 2. The van der Waals surface area contributed by atoms with Crippen molar-refractivity contribution in [2.75, 3.05) is 0 Å². The van der Waals surface area contributed by atoms with E-state index in [0.29, 0.717) is 4.47 Å². The molecule has 0 atom stereocenters. The first-order valence-electron chi connectivity index (χ1n) is 5.76. The number of aromatic nitrogens is 1. The van der Waals surface area contributed by atoms with Gasteiger partial charge in [0.25, 0.3) is 5.91 Å². The van der Waals surface area contributed by atoms with Crippen LogP contribution in [0.3, 0.4) is 0 Å². The van der Waals surface area contributed by atoms with Crippen molar-refractivity contribution in [3.63, 3.8) is 0 Å². The van der Waals surface area contributed by atoms with Crippen molar-refractivity contribution in [2.24, 2.45) is 5.41 Å². The molecule has 0 aliphatic carbocycles. The zero-order valence-electron chi connectivity index (χ0n) is 11.3. The molecule has 0 saturated carbocycles. The van der Waals surface area contributed by atoms with Gasteiger partial charge in [0.2, 0.25) is 0 Å². The van der Waals surface area contributed by atoms with E-state index < -0.39 is 22.8 Å². The highest BCUT2D eigenvalue weighted by molar-refractivity contribution is 9.10. The molecule has 5 nitrogen and oxygen atoms in total. The van der Waals surface area contributed by atoms with E-state index in [9.17, 15) is 14.7 Å². The molecule has 1 aromatic rings. The second kappa shape index (κ2) is 5.28. The van der Waals surface area contributed by atoms with Gasteiger partial charge in [0.1, 0.15) is 5.69 Å². The SMILES string of the molecule is CC(C)(NC(=O)c1ncccc1Br)C(C)(C)C(=O)O. The van der Waals surface area contributed by atoms with E-state index in [1.807, 2.05) is 0 Å². The molecule has 1 amide bonds. The average Bonchev–Trinajstić information content (AvgIpc) is 2.28. The number of rotatable bonds is 4. The molecule has 1 heterocycles. The number of carboxylic acids is 1. The molecule has 0 saturated heterocycles. The van der Waals surface area contributed by atoms with Crippen molar-refractivity contribution in [3.05, 3.63) is 28.5 Å². The Morgan fingerprint density at radius 2 is 1.89 bits per heavy atom. The minimum Gasteiger partial charge on any atom is -0.481 e. The normalized spacial score (nSPS) is 12.1. The van der Waals surface area contributed by atoms with Gasteiger partial charge in [-0.1, -0.05) is 0 Å². The standard InChI is InChI=1S/C13H17BrN2O3/c1-12(2,11(18)19)13(3,4)16-10(17)9-8(14)6-5-7-15-9/h5-7H,1-4H3,(H,16,17)(H,18,19). The smallest absolute Gasteiger partial charge is 0.311 e. The highest BCUT2D eigenvalue weighted by Crippen LogP contribution is 2.31. The second-order valence-electron chi connectivity index (χ2n) is 5.34. The molecule has 104 valence electrons. The third-order valence-electron chi connectivity index (χ3n) is 3.50. The molecule has 0 unspecified atom stereocenters. The number of hydrogen-bond donors (Lipinski definition) is 2. The molecule has 1 rings (SSSR count). The molecular weight excluding hydrogens is 312 g/mol. The summed E-state index contributed by atoms with van der Waals surface area (Å²) >= 11 is 3.24. The van der Waals surface area contributed by atoms with Crippen molar-refractivity contribution < 1.29 is 14.7 Å². The van der Waals surface area contributed by atoms with Gasteiger partial charge >= 0.3 is 5.97 Å². The van der Waals surface area contributed by atoms with Gasteiger partial charge in [0.05, 0.1) is 11.0 Å². The first-order chi connectivity index (χ1) is 8.59. The summed E-state index contributed by atoms with van der Waals surface area (Å²) in [7, 11) is 0. The third kappa shape index (κ3) is 3.12. The zero-order valence-corrected chi connectivity index (χ0v) is 12.9. The first kappa shape index (κ1) is 15.6. The fourth-order valence-electron chi connectivity index (χ4n) is 1.32. The number of aliphatic carboxylic acids is 1. The van der Waals surface area contributed by atoms with Crippen LogP contribution in [-0.4, -0.2) is 27.5 Å². The molecule has 0 radical (unpaired) electrons. The predicted molar refractivity (Wildman–Crippen MR) is 74.9 cm³/mol. The number of nitrogens with zero attached hydrogens (tertiary/aromatic N) is 1. The summed E-state index contributed by atoms with van der Waals surface area (Å²) in [5, 5.41) is 12.0. The quantitative estimate of drug-likeness (QED) is 0.889. The van der Waals surface area contributed by atoms with E-state index in [0.717, 1.165) is 0 Å². The summed E-state index contributed by atoms with van der Waals surface area (Å²) in [6, 6.07) is 3.41. The maximum Gasteiger partial charge on any atom is 0.311 e. The third-order valence-corrected chi connectivity index (χ3v) is 4.14. The molecule has 0 aliphatic heterocycles. The summed E-state index contributed by atoms with van der Waals surface area (Å²) in [5.74, 6) is -1.38. The number of pyridine rings is 1. The topological polar surface area (TPSA) is 79.3 Å². The molecule has 0 fully saturated rings. The summed E-state index contributed by atoms with van der Waals surface area (Å²) in [6.07, 6.45) is 1.51. The highest BCUT2D eigenvalue weighted by Gasteiger charge is 2.44. The Hall–Kier alpha value is -1.43. The van der Waals surface area contributed by atoms with Crippen LogP contribution in [0.4, 0.5) is 0 Å². The monoisotopic (exact) mass is 328 g/mol. The highest BCUT2D eigenvalue weighted by atomic mass is 79.9. The fraction of sp³-hybridized carbons (Fsp3) is 0.462. The lowest BCUT2D eigenvalue weighted by Gasteiger charge is -2.38. The van der Waals surface area contributed by atoms with E-state index in [1.54, 1.807) is 39.8 Å². The van der Waals surface area contributed by atoms with Crippen LogP contribution in [0, 0.1) is 5.41 Å². The maximum atomic E-state index is 12.2. The Morgan fingerprint density at radius 1 is 1.32 bits per heavy atom. The van der Waals surface area contributed by atoms with E-state index in [2.05, 4.69) is 26.2 Å². The van der Waals surface area contributed by atoms with Crippen molar-refractivity contribution in [3.8, 4) is 0 Å². The summed E-state index contributed by atoms with van der Waals surface area (Å²) in [6.45, 7) is 6.50. The molecule has 0 aromatic carbocycles. The lowest BCUT2D eigenvalue weighted by Crippen LogP contribution is -2.57. The zero-order chi connectivity index (χ0) is 14.8. The fourth-order valence-corrected chi connectivity index (χ4v) is 1.75. The van der Waals surface area contributed by atoms with Crippen molar-refractivity contribution in [1.82, 2.24) is 10.3 Å². The molecule has 19 heavy (non-hydrogen) atoms. The Balaban J connectivity index is 3.00. The molecule has 0 spiro atoms. The van der Waals surface area contributed by atoms with Gasteiger partial charge in [-0.25, -0.2) is 4.98 Å². The predicted octanol–water partition coefficient (Wildman–Crippen LogP) is 2.46. The van der Waals surface area contributed by atoms with Crippen LogP contribution in [0.5, 0.6) is 0 Å². The van der Waals surface area contributed by atoms with E-state index in [4.69, 9.17) is 0 Å². The van der Waals surface area contributed by atoms with Gasteiger partial charge in [-0.2, -0.15) is 0 Å². The van der Waals surface area contributed by atoms with Crippen molar-refractivity contribution in [2.45, 2.75) is 33.2 Å². The van der Waals surface area contributed by atoms with Crippen LogP contribution >= 0.6 is 15.9 Å². The molecule has 0 aliphatic rings. The minimum absolute atomic E-state index is 0.233. The number of carbonyl (C=O) groups excluding carboxylic acids is 1. The van der Waals surface area contributed by atoms with Crippen LogP contribution in [0.15, 0.2) is 22.8 Å². The molecular formula is C13H17BrN2O3. The van der Waals surface area contributed by atoms with Crippen LogP contribution in [0.25, 0.3) is 0 Å². The van der Waals surface area contributed by atoms with Crippen LogP contribution in [0.1, 0.15) is 38.2 Å². The summed E-state index contributed by atoms with van der Waals surface area (Å²) < 4.78 is 0.566. The van der Waals surface area contributed by atoms with Gasteiger partial charge in [-0.05, 0) is 55.8 Å². The minimum atomic E-state index is -1.11. The van der Waals surface area contributed by atoms with Gasteiger partial charge in [0.15, 0.2) is 0 Å². The lowest BCUT2D eigenvalue weighted by molar-refractivity contribution is -0.150. The largest absolute Gasteiger partial charge is 0.481 e. The number of halogens is 1. The first-order valence-corrected chi connectivity index (χ1v) is 6.55. The van der Waals surface area contributed by atoms with Crippen LogP contribution in [0.2, 0.25) is 0 Å². The Labute approximate surface area is 120 Å². The average molecular weight is 329 g/mol. The van der Waals surface area contributed by atoms with Gasteiger partial charge in [0, 0.05) is 10.7 Å². The van der Waals surface area contributed by atoms with Gasteiger partial charge in [-0.3, -0.25) is 9.59 Å². The summed E-state index contributed by atoms with van der Waals surface area (Å²) in [4.78, 5) is 27.4. The molecule has 6 heteroatoms. The van der Waals surface area contributed by atoms with Gasteiger partial charge < -0.3 is 10.4 Å². The maximum absolute atomic E-state index is 12.2. The number of hydrogen-bond acceptors (Lipinski definition) is 3. The van der Waals surface area contributed by atoms with Crippen LogP contribution < -0.4 is 5.32 Å². The van der Waals surface area contributed by atoms with E-state index in [-0.39, 0.29) is 5.69 Å². The Kier molecular flexibility index (Phi) is 4.35. The number of amides is 1. The van der Waals surface area contributed by atoms with Gasteiger partial charge in [-0.15, -0.1) is 0 Å². The molecule has 2 N–H and O–H groups in total. The molecule has 0 bridgehead atoms. The van der Waals surface area contributed by atoms with E-state index in [1.165, 1.54) is 6.20 Å². The Bertz CT molecular complexity index is 512. The van der Waals surface area contributed by atoms with E-state index >= 15 is 0 Å². The van der Waals surface area contributed by atoms with Crippen molar-refractivity contribution >= 4 is 27.8 Å². The number of carboxylic acid groups (broad SMARTS) is 1.